The second-order valence-corrected chi connectivity index (χ2v) is 6.47. The first kappa shape index (κ1) is 16.4. The van der Waals surface area contributed by atoms with E-state index in [0.717, 1.165) is 9.37 Å². The average molecular weight is 376 g/mol. The highest BCUT2D eigenvalue weighted by molar-refractivity contribution is 9.10. The minimum atomic E-state index is -4.36. The van der Waals surface area contributed by atoms with Crippen molar-refractivity contribution in [1.29, 1.82) is 0 Å². The topological polar surface area (TPSA) is 26.0 Å². The van der Waals surface area contributed by atoms with Gasteiger partial charge in [0.1, 0.15) is 0 Å². The Morgan fingerprint density at radius 1 is 1.00 bits per heavy atom. The summed E-state index contributed by atoms with van der Waals surface area (Å²) in [7, 11) is 0. The van der Waals surface area contributed by atoms with E-state index in [2.05, 4.69) is 15.9 Å². The SMILES string of the molecule is NCCc1ccc(Sc2ccc(Br)cc2)cc1C(F)(F)F. The van der Waals surface area contributed by atoms with Crippen LogP contribution in [0, 0.1) is 0 Å². The van der Waals surface area contributed by atoms with Crippen LogP contribution in [-0.4, -0.2) is 6.54 Å². The molecular formula is C15H13BrF3NS. The van der Waals surface area contributed by atoms with Gasteiger partial charge in [-0.15, -0.1) is 0 Å². The molecule has 0 saturated heterocycles. The Hall–Kier alpha value is -0.980. The summed E-state index contributed by atoms with van der Waals surface area (Å²) in [5, 5.41) is 0. The van der Waals surface area contributed by atoms with Gasteiger partial charge in [0.15, 0.2) is 0 Å². The normalized spacial score (nSPS) is 11.7. The molecule has 0 saturated carbocycles. The molecule has 1 nitrogen and oxygen atoms in total. The van der Waals surface area contributed by atoms with Crippen molar-refractivity contribution in [2.24, 2.45) is 5.73 Å². The van der Waals surface area contributed by atoms with E-state index in [0.29, 0.717) is 4.90 Å². The van der Waals surface area contributed by atoms with E-state index in [9.17, 15) is 13.2 Å². The molecule has 0 bridgehead atoms. The number of hydrogen-bond donors (Lipinski definition) is 1. The average Bonchev–Trinajstić information content (AvgIpc) is 2.42. The number of nitrogens with two attached hydrogens (primary N) is 1. The third-order valence-corrected chi connectivity index (χ3v) is 4.38. The molecule has 0 aliphatic heterocycles. The molecule has 0 unspecified atom stereocenters. The lowest BCUT2D eigenvalue weighted by Crippen LogP contribution is -2.12. The van der Waals surface area contributed by atoms with Gasteiger partial charge >= 0.3 is 6.18 Å². The van der Waals surface area contributed by atoms with E-state index in [-0.39, 0.29) is 18.5 Å². The maximum Gasteiger partial charge on any atom is 0.416 e. The summed E-state index contributed by atoms with van der Waals surface area (Å²) in [4.78, 5) is 1.45. The third-order valence-electron chi connectivity index (χ3n) is 2.85. The molecule has 0 aliphatic rings. The lowest BCUT2D eigenvalue weighted by Gasteiger charge is -2.14. The fourth-order valence-corrected chi connectivity index (χ4v) is 3.02. The lowest BCUT2D eigenvalue weighted by molar-refractivity contribution is -0.138. The molecule has 2 rings (SSSR count). The summed E-state index contributed by atoms with van der Waals surface area (Å²) in [6.07, 6.45) is -4.14. The standard InChI is InChI=1S/C15H13BrF3NS/c16-11-2-5-12(6-3-11)21-13-4-1-10(7-8-20)14(9-13)15(17,18)19/h1-6,9H,7-8,20H2. The Labute approximate surface area is 133 Å². The zero-order valence-corrected chi connectivity index (χ0v) is 13.4. The largest absolute Gasteiger partial charge is 0.416 e. The van der Waals surface area contributed by atoms with E-state index in [1.807, 2.05) is 24.3 Å². The number of rotatable bonds is 4. The number of alkyl halides is 3. The Kier molecular flexibility index (Phi) is 5.35. The maximum absolute atomic E-state index is 13.1. The monoisotopic (exact) mass is 375 g/mol. The molecule has 21 heavy (non-hydrogen) atoms. The van der Waals surface area contributed by atoms with Crippen molar-refractivity contribution in [2.45, 2.75) is 22.4 Å². The van der Waals surface area contributed by atoms with Gasteiger partial charge in [-0.2, -0.15) is 13.2 Å². The van der Waals surface area contributed by atoms with Gasteiger partial charge in [-0.3, -0.25) is 0 Å². The molecule has 0 amide bonds. The van der Waals surface area contributed by atoms with Crippen LogP contribution in [0.25, 0.3) is 0 Å². The van der Waals surface area contributed by atoms with Crippen LogP contribution in [-0.2, 0) is 12.6 Å². The van der Waals surface area contributed by atoms with Gasteiger partial charge in [0.2, 0.25) is 0 Å². The molecule has 112 valence electrons. The summed E-state index contributed by atoms with van der Waals surface area (Å²) in [6.45, 7) is 0.197. The molecule has 0 aliphatic carbocycles. The first-order valence-corrected chi connectivity index (χ1v) is 7.84. The minimum absolute atomic E-state index is 0.197. The summed E-state index contributed by atoms with van der Waals surface area (Å²) >= 11 is 4.63. The van der Waals surface area contributed by atoms with Crippen LogP contribution in [0.4, 0.5) is 13.2 Å². The van der Waals surface area contributed by atoms with Crippen LogP contribution < -0.4 is 5.73 Å². The maximum atomic E-state index is 13.1. The van der Waals surface area contributed by atoms with E-state index < -0.39 is 11.7 Å². The first-order valence-electron chi connectivity index (χ1n) is 6.24. The van der Waals surface area contributed by atoms with Crippen molar-refractivity contribution >= 4 is 27.7 Å². The lowest BCUT2D eigenvalue weighted by atomic mass is 10.0. The van der Waals surface area contributed by atoms with Crippen molar-refractivity contribution < 1.29 is 13.2 Å². The van der Waals surface area contributed by atoms with Gasteiger partial charge in [-0.05, 0) is 54.9 Å². The fraction of sp³-hybridized carbons (Fsp3) is 0.200. The van der Waals surface area contributed by atoms with Gasteiger partial charge in [0.25, 0.3) is 0 Å². The first-order chi connectivity index (χ1) is 9.90. The molecule has 0 fully saturated rings. The minimum Gasteiger partial charge on any atom is -0.330 e. The van der Waals surface area contributed by atoms with Gasteiger partial charge in [-0.1, -0.05) is 33.8 Å². The Bertz CT molecular complexity index is 611. The third kappa shape index (κ3) is 4.49. The van der Waals surface area contributed by atoms with Gasteiger partial charge in [-0.25, -0.2) is 0 Å². The number of hydrogen-bond acceptors (Lipinski definition) is 2. The molecule has 6 heteroatoms. The molecule has 2 aromatic rings. The van der Waals surface area contributed by atoms with Gasteiger partial charge in [0, 0.05) is 14.3 Å². The molecule has 0 heterocycles. The molecule has 0 atom stereocenters. The van der Waals surface area contributed by atoms with Crippen LogP contribution in [0.2, 0.25) is 0 Å². The van der Waals surface area contributed by atoms with Crippen LogP contribution in [0.15, 0.2) is 56.7 Å². The van der Waals surface area contributed by atoms with Crippen LogP contribution >= 0.6 is 27.7 Å². The molecule has 0 spiro atoms. The second-order valence-electron chi connectivity index (χ2n) is 4.41. The van der Waals surface area contributed by atoms with Crippen molar-refractivity contribution in [2.75, 3.05) is 6.54 Å². The van der Waals surface area contributed by atoms with Crippen LogP contribution in [0.1, 0.15) is 11.1 Å². The summed E-state index contributed by atoms with van der Waals surface area (Å²) in [5.41, 5.74) is 5.01. The summed E-state index contributed by atoms with van der Waals surface area (Å²) < 4.78 is 40.2. The highest BCUT2D eigenvalue weighted by atomic mass is 79.9. The number of benzene rings is 2. The van der Waals surface area contributed by atoms with Crippen LogP contribution in [0.3, 0.4) is 0 Å². The zero-order chi connectivity index (χ0) is 15.5. The Morgan fingerprint density at radius 2 is 1.62 bits per heavy atom. The predicted molar refractivity (Wildman–Crippen MR) is 82.5 cm³/mol. The van der Waals surface area contributed by atoms with Crippen LogP contribution in [0.5, 0.6) is 0 Å². The quantitative estimate of drug-likeness (QED) is 0.802. The van der Waals surface area contributed by atoms with E-state index >= 15 is 0 Å². The van der Waals surface area contributed by atoms with E-state index in [1.54, 1.807) is 6.07 Å². The fourth-order valence-electron chi connectivity index (χ4n) is 1.90. The highest BCUT2D eigenvalue weighted by Crippen LogP contribution is 2.37. The molecule has 2 aromatic carbocycles. The zero-order valence-electron chi connectivity index (χ0n) is 11.0. The van der Waals surface area contributed by atoms with Gasteiger partial charge < -0.3 is 5.73 Å². The van der Waals surface area contributed by atoms with E-state index in [1.165, 1.54) is 23.9 Å². The summed E-state index contributed by atoms with van der Waals surface area (Å²) in [6, 6.07) is 11.8. The molecular weight excluding hydrogens is 363 g/mol. The van der Waals surface area contributed by atoms with Crippen molar-refractivity contribution in [1.82, 2.24) is 0 Å². The van der Waals surface area contributed by atoms with Crippen molar-refractivity contribution in [3.8, 4) is 0 Å². The molecule has 2 N–H and O–H groups in total. The smallest absolute Gasteiger partial charge is 0.330 e. The Balaban J connectivity index is 2.31. The molecule has 0 aromatic heterocycles. The van der Waals surface area contributed by atoms with Crippen molar-refractivity contribution in [3.63, 3.8) is 0 Å². The summed E-state index contributed by atoms with van der Waals surface area (Å²) in [5.74, 6) is 0. The Morgan fingerprint density at radius 3 is 2.19 bits per heavy atom. The predicted octanol–water partition coefficient (Wildman–Crippen LogP) is 5.12. The highest BCUT2D eigenvalue weighted by Gasteiger charge is 2.33. The number of halogens is 4. The van der Waals surface area contributed by atoms with Crippen molar-refractivity contribution in [3.05, 3.63) is 58.1 Å². The second kappa shape index (κ2) is 6.85. The van der Waals surface area contributed by atoms with E-state index in [4.69, 9.17) is 5.73 Å². The van der Waals surface area contributed by atoms with Gasteiger partial charge in [0.05, 0.1) is 5.56 Å². The molecule has 0 radical (unpaired) electrons.